The topological polar surface area (TPSA) is 115 Å². The lowest BCUT2D eigenvalue weighted by Crippen LogP contribution is -2.51. The molecule has 7 nitrogen and oxygen atoms in total. The summed E-state index contributed by atoms with van der Waals surface area (Å²) >= 11 is 1.49. The monoisotopic (exact) mass is 293 g/mol. The second-order valence-corrected chi connectivity index (χ2v) is 5.15. The van der Waals surface area contributed by atoms with Crippen LogP contribution >= 0.6 is 11.8 Å². The lowest BCUT2D eigenvalue weighted by atomic mass is 10.2. The molecular weight excluding hydrogens is 274 g/mol. The van der Waals surface area contributed by atoms with Gasteiger partial charge in [-0.25, -0.2) is 14.5 Å². The summed E-state index contributed by atoms with van der Waals surface area (Å²) in [6.45, 7) is 3.07. The molecule has 0 bridgehead atoms. The Balaban J connectivity index is 4.83. The molecule has 0 aliphatic rings. The number of imide groups is 1. The molecule has 0 saturated heterocycles. The van der Waals surface area contributed by atoms with Crippen LogP contribution in [0.15, 0.2) is 0 Å². The first kappa shape index (κ1) is 17.7. The smallest absolute Gasteiger partial charge is 0.414 e. The van der Waals surface area contributed by atoms with Crippen molar-refractivity contribution in [3.8, 4) is 0 Å². The number of amides is 2. The van der Waals surface area contributed by atoms with E-state index >= 15 is 0 Å². The Morgan fingerprint density at radius 1 is 1.21 bits per heavy atom. The van der Waals surface area contributed by atoms with Crippen LogP contribution in [0, 0.1) is 0 Å². The Morgan fingerprint density at radius 2 is 1.79 bits per heavy atom. The van der Waals surface area contributed by atoms with E-state index in [0.717, 1.165) is 19.1 Å². The van der Waals surface area contributed by atoms with E-state index in [-0.39, 0.29) is 11.3 Å². The maximum atomic E-state index is 11.5. The molecule has 0 heterocycles. The van der Waals surface area contributed by atoms with Gasteiger partial charge in [0.1, 0.15) is 12.1 Å². The number of carbonyl (C=O) groups excluding carboxylic acids is 1. The summed E-state index contributed by atoms with van der Waals surface area (Å²) in [4.78, 5) is 33.8. The highest BCUT2D eigenvalue weighted by Crippen LogP contribution is 2.13. The van der Waals surface area contributed by atoms with Crippen molar-refractivity contribution < 1.29 is 29.7 Å². The van der Waals surface area contributed by atoms with Crippen LogP contribution in [0.2, 0.25) is 0 Å². The molecule has 0 aromatic carbocycles. The van der Waals surface area contributed by atoms with Crippen LogP contribution in [0.25, 0.3) is 0 Å². The van der Waals surface area contributed by atoms with Gasteiger partial charge in [0.2, 0.25) is 0 Å². The summed E-state index contributed by atoms with van der Waals surface area (Å²) in [5.41, 5.74) is 0. The highest BCUT2D eigenvalue weighted by Gasteiger charge is 2.36. The zero-order valence-corrected chi connectivity index (χ0v) is 11.7. The maximum Gasteiger partial charge on any atom is 0.414 e. The molecule has 8 heteroatoms. The van der Waals surface area contributed by atoms with Crippen LogP contribution in [-0.2, 0) is 9.59 Å². The zero-order chi connectivity index (χ0) is 15.0. The van der Waals surface area contributed by atoms with E-state index in [0.29, 0.717) is 5.75 Å². The Kier molecular flexibility index (Phi) is 8.17. The number of hydrogen-bond donors (Lipinski definition) is 3. The van der Waals surface area contributed by atoms with E-state index in [1.807, 2.05) is 6.92 Å². The number of rotatable bonds is 8. The number of carboxylic acid groups (broad SMARTS) is 2. The number of carbonyl (C=O) groups is 3. The molecule has 0 aliphatic carbocycles. The van der Waals surface area contributed by atoms with Gasteiger partial charge >= 0.3 is 12.1 Å². The minimum Gasteiger partial charge on any atom is -0.480 e. The van der Waals surface area contributed by atoms with Gasteiger partial charge in [-0.15, -0.1) is 0 Å². The molecule has 2 amide bonds. The summed E-state index contributed by atoms with van der Waals surface area (Å²) in [6, 6.07) is -1.47. The molecule has 0 fully saturated rings. The summed E-state index contributed by atoms with van der Waals surface area (Å²) in [5, 5.41) is 27.1. The SMILES string of the molecule is CCCSCCC(C(=O)O)N(C(=O)O)C(=O)C(C)O. The molecule has 3 N–H and O–H groups in total. The van der Waals surface area contributed by atoms with E-state index < -0.39 is 30.1 Å². The van der Waals surface area contributed by atoms with E-state index in [2.05, 4.69) is 0 Å². The number of carboxylic acids is 1. The summed E-state index contributed by atoms with van der Waals surface area (Å²) < 4.78 is 0. The Labute approximate surface area is 115 Å². The highest BCUT2D eigenvalue weighted by atomic mass is 32.2. The molecule has 110 valence electrons. The van der Waals surface area contributed by atoms with Crippen LogP contribution in [-0.4, -0.2) is 61.8 Å². The number of thioether (sulfide) groups is 1. The van der Waals surface area contributed by atoms with Crippen molar-refractivity contribution in [3.63, 3.8) is 0 Å². The Morgan fingerprint density at radius 3 is 2.16 bits per heavy atom. The maximum absolute atomic E-state index is 11.5. The molecule has 2 atom stereocenters. The number of aliphatic hydroxyl groups excluding tert-OH is 1. The second kappa shape index (κ2) is 8.76. The third kappa shape index (κ3) is 5.93. The first-order valence-corrected chi connectivity index (χ1v) is 7.03. The highest BCUT2D eigenvalue weighted by molar-refractivity contribution is 7.99. The van der Waals surface area contributed by atoms with Gasteiger partial charge in [0.15, 0.2) is 0 Å². The number of aliphatic hydroxyl groups is 1. The zero-order valence-electron chi connectivity index (χ0n) is 10.9. The van der Waals surface area contributed by atoms with Gasteiger partial charge in [-0.3, -0.25) is 4.79 Å². The van der Waals surface area contributed by atoms with Crippen molar-refractivity contribution in [1.29, 1.82) is 0 Å². The normalized spacial score (nSPS) is 13.6. The van der Waals surface area contributed by atoms with Crippen LogP contribution in [0.1, 0.15) is 26.7 Å². The summed E-state index contributed by atoms with van der Waals surface area (Å²) in [6.07, 6.45) is -2.28. The van der Waals surface area contributed by atoms with E-state index in [4.69, 9.17) is 15.3 Å². The number of aliphatic carboxylic acids is 1. The number of nitrogens with zero attached hydrogens (tertiary/aromatic N) is 1. The van der Waals surface area contributed by atoms with Gasteiger partial charge in [-0.1, -0.05) is 6.92 Å². The van der Waals surface area contributed by atoms with Gasteiger partial charge in [0, 0.05) is 0 Å². The van der Waals surface area contributed by atoms with Crippen LogP contribution in [0.4, 0.5) is 4.79 Å². The molecule has 0 aliphatic heterocycles. The largest absolute Gasteiger partial charge is 0.480 e. The first-order valence-electron chi connectivity index (χ1n) is 5.87. The standard InChI is InChI=1S/C11H19NO6S/c1-3-5-19-6-4-8(10(15)16)12(11(17)18)9(14)7(2)13/h7-8,13H,3-6H2,1-2H3,(H,15,16)(H,17,18). The predicted octanol–water partition coefficient (Wildman–Crippen LogP) is 0.860. The third-order valence-corrected chi connectivity index (χ3v) is 3.50. The Hall–Kier alpha value is -1.28. The fraction of sp³-hybridized carbons (Fsp3) is 0.727. The molecule has 0 radical (unpaired) electrons. The van der Waals surface area contributed by atoms with E-state index in [1.165, 1.54) is 11.8 Å². The Bertz CT molecular complexity index is 333. The molecule has 0 saturated carbocycles. The quantitative estimate of drug-likeness (QED) is 0.568. The molecule has 0 aromatic rings. The molecular formula is C11H19NO6S. The van der Waals surface area contributed by atoms with Crippen LogP contribution in [0.5, 0.6) is 0 Å². The molecule has 19 heavy (non-hydrogen) atoms. The fourth-order valence-electron chi connectivity index (χ4n) is 1.39. The second-order valence-electron chi connectivity index (χ2n) is 3.92. The van der Waals surface area contributed by atoms with Gasteiger partial charge in [-0.2, -0.15) is 11.8 Å². The minimum absolute atomic E-state index is 0.0186. The molecule has 0 rings (SSSR count). The summed E-state index contributed by atoms with van der Waals surface area (Å²) in [5.74, 6) is -1.25. The third-order valence-electron chi connectivity index (χ3n) is 2.28. The van der Waals surface area contributed by atoms with Gasteiger partial charge < -0.3 is 15.3 Å². The van der Waals surface area contributed by atoms with Crippen molar-refractivity contribution in [1.82, 2.24) is 4.90 Å². The van der Waals surface area contributed by atoms with Crippen molar-refractivity contribution in [2.75, 3.05) is 11.5 Å². The minimum atomic E-state index is -1.67. The molecule has 0 spiro atoms. The van der Waals surface area contributed by atoms with E-state index in [9.17, 15) is 14.4 Å². The fourth-order valence-corrected chi connectivity index (χ4v) is 2.27. The van der Waals surface area contributed by atoms with Gasteiger partial charge in [0.25, 0.3) is 5.91 Å². The van der Waals surface area contributed by atoms with E-state index in [1.54, 1.807) is 0 Å². The van der Waals surface area contributed by atoms with Crippen LogP contribution < -0.4 is 0 Å². The van der Waals surface area contributed by atoms with Crippen molar-refractivity contribution >= 4 is 29.7 Å². The van der Waals surface area contributed by atoms with Crippen molar-refractivity contribution in [2.45, 2.75) is 38.8 Å². The van der Waals surface area contributed by atoms with Crippen molar-refractivity contribution in [3.05, 3.63) is 0 Å². The predicted molar refractivity (Wildman–Crippen MR) is 70.2 cm³/mol. The summed E-state index contributed by atoms with van der Waals surface area (Å²) in [7, 11) is 0. The number of hydrogen-bond acceptors (Lipinski definition) is 5. The van der Waals surface area contributed by atoms with Crippen LogP contribution in [0.3, 0.4) is 0 Å². The van der Waals surface area contributed by atoms with Crippen molar-refractivity contribution in [2.24, 2.45) is 0 Å². The first-order chi connectivity index (χ1) is 8.82. The average molecular weight is 293 g/mol. The lowest BCUT2D eigenvalue weighted by molar-refractivity contribution is -0.151. The average Bonchev–Trinajstić information content (AvgIpc) is 2.31. The lowest BCUT2D eigenvalue weighted by Gasteiger charge is -2.25. The molecule has 0 aromatic heterocycles. The van der Waals surface area contributed by atoms with Gasteiger partial charge in [0.05, 0.1) is 0 Å². The molecule has 2 unspecified atom stereocenters. The van der Waals surface area contributed by atoms with Gasteiger partial charge in [-0.05, 0) is 31.3 Å².